The Morgan fingerprint density at radius 3 is 2.56 bits per heavy atom. The molecular formula is C19H13BrFN3O2S. The normalized spacial score (nSPS) is 10.7. The molecule has 0 unspecified atom stereocenters. The van der Waals surface area contributed by atoms with Crippen molar-refractivity contribution in [3.8, 4) is 0 Å². The minimum Gasteiger partial charge on any atom is -0.321 e. The zero-order valence-electron chi connectivity index (χ0n) is 13.8. The molecule has 0 saturated heterocycles. The predicted octanol–water partition coefficient (Wildman–Crippen LogP) is 4.67. The summed E-state index contributed by atoms with van der Waals surface area (Å²) in [5.41, 5.74) is 3.66. The molecule has 0 radical (unpaired) electrons. The molecule has 27 heavy (non-hydrogen) atoms. The van der Waals surface area contributed by atoms with E-state index in [1.54, 1.807) is 35.7 Å². The standard InChI is InChI=1S/C19H13BrFN3O2S/c20-13-5-8-16(23-19(26)17-2-1-9-27-17)15(10-13)18(25)24-22-11-12-3-6-14(21)7-4-12/h1-11H,(H,23,26)(H,24,25)/b22-11+. The van der Waals surface area contributed by atoms with E-state index in [1.165, 1.54) is 41.8 Å². The van der Waals surface area contributed by atoms with E-state index in [4.69, 9.17) is 0 Å². The van der Waals surface area contributed by atoms with Gasteiger partial charge in [0.1, 0.15) is 5.82 Å². The van der Waals surface area contributed by atoms with Crippen molar-refractivity contribution in [3.63, 3.8) is 0 Å². The molecule has 3 rings (SSSR count). The number of nitrogens with zero attached hydrogens (tertiary/aromatic N) is 1. The Balaban J connectivity index is 1.74. The van der Waals surface area contributed by atoms with E-state index in [1.807, 2.05) is 0 Å². The van der Waals surface area contributed by atoms with Gasteiger partial charge in [0.2, 0.25) is 0 Å². The third-order valence-electron chi connectivity index (χ3n) is 3.47. The van der Waals surface area contributed by atoms with E-state index in [0.717, 1.165) is 0 Å². The lowest BCUT2D eigenvalue weighted by atomic mass is 10.1. The fraction of sp³-hybridized carbons (Fsp3) is 0. The smallest absolute Gasteiger partial charge is 0.273 e. The fourth-order valence-electron chi connectivity index (χ4n) is 2.18. The number of amides is 2. The number of hydrogen-bond donors (Lipinski definition) is 2. The molecule has 3 aromatic rings. The molecule has 0 aliphatic rings. The van der Waals surface area contributed by atoms with Gasteiger partial charge in [-0.05, 0) is 47.3 Å². The predicted molar refractivity (Wildman–Crippen MR) is 108 cm³/mol. The molecule has 0 aliphatic carbocycles. The number of thiophene rings is 1. The average molecular weight is 446 g/mol. The number of hydrogen-bond acceptors (Lipinski definition) is 4. The Labute approximate surface area is 167 Å². The van der Waals surface area contributed by atoms with Gasteiger partial charge in [-0.2, -0.15) is 5.10 Å². The number of benzene rings is 2. The molecule has 5 nitrogen and oxygen atoms in total. The van der Waals surface area contributed by atoms with Crippen LogP contribution in [0.25, 0.3) is 0 Å². The number of carbonyl (C=O) groups excluding carboxylic acids is 2. The van der Waals surface area contributed by atoms with E-state index < -0.39 is 5.91 Å². The van der Waals surface area contributed by atoms with Crippen molar-refractivity contribution in [3.05, 3.63) is 86.3 Å². The van der Waals surface area contributed by atoms with Crippen molar-refractivity contribution in [2.45, 2.75) is 0 Å². The van der Waals surface area contributed by atoms with Crippen LogP contribution in [0.1, 0.15) is 25.6 Å². The van der Waals surface area contributed by atoms with Crippen LogP contribution in [-0.4, -0.2) is 18.0 Å². The maximum absolute atomic E-state index is 12.9. The topological polar surface area (TPSA) is 70.6 Å². The maximum atomic E-state index is 12.9. The summed E-state index contributed by atoms with van der Waals surface area (Å²) in [5, 5.41) is 8.41. The molecule has 0 fully saturated rings. The summed E-state index contributed by atoms with van der Waals surface area (Å²) in [6, 6.07) is 14.1. The van der Waals surface area contributed by atoms with Crippen LogP contribution in [0.15, 0.2) is 69.6 Å². The van der Waals surface area contributed by atoms with Crippen molar-refractivity contribution < 1.29 is 14.0 Å². The third-order valence-corrected chi connectivity index (χ3v) is 4.83. The van der Waals surface area contributed by atoms with Crippen LogP contribution >= 0.6 is 27.3 Å². The van der Waals surface area contributed by atoms with E-state index >= 15 is 0 Å². The zero-order chi connectivity index (χ0) is 19.2. The number of rotatable bonds is 5. The molecule has 136 valence electrons. The lowest BCUT2D eigenvalue weighted by molar-refractivity contribution is 0.0956. The molecule has 1 heterocycles. The minimum atomic E-state index is -0.490. The second kappa shape index (κ2) is 8.70. The molecule has 0 spiro atoms. The zero-order valence-corrected chi connectivity index (χ0v) is 16.2. The van der Waals surface area contributed by atoms with Crippen LogP contribution in [0.4, 0.5) is 10.1 Å². The highest BCUT2D eigenvalue weighted by molar-refractivity contribution is 9.10. The Morgan fingerprint density at radius 2 is 1.85 bits per heavy atom. The van der Waals surface area contributed by atoms with Crippen molar-refractivity contribution in [1.29, 1.82) is 0 Å². The SMILES string of the molecule is O=C(Nc1ccc(Br)cc1C(=O)N/N=C/c1ccc(F)cc1)c1cccs1. The summed E-state index contributed by atoms with van der Waals surface area (Å²) >= 11 is 4.62. The highest BCUT2D eigenvalue weighted by atomic mass is 79.9. The van der Waals surface area contributed by atoms with Gasteiger partial charge in [-0.15, -0.1) is 11.3 Å². The molecule has 0 bridgehead atoms. The number of anilines is 1. The molecule has 0 saturated carbocycles. The number of hydrazone groups is 1. The van der Waals surface area contributed by atoms with Gasteiger partial charge in [0.15, 0.2) is 0 Å². The van der Waals surface area contributed by atoms with Gasteiger partial charge >= 0.3 is 0 Å². The van der Waals surface area contributed by atoms with Crippen LogP contribution < -0.4 is 10.7 Å². The summed E-state index contributed by atoms with van der Waals surface area (Å²) in [6.45, 7) is 0. The van der Waals surface area contributed by atoms with Gasteiger partial charge < -0.3 is 5.32 Å². The first-order valence-electron chi connectivity index (χ1n) is 7.76. The first-order valence-corrected chi connectivity index (χ1v) is 9.43. The second-order valence-electron chi connectivity index (χ2n) is 5.37. The maximum Gasteiger partial charge on any atom is 0.273 e. The average Bonchev–Trinajstić information content (AvgIpc) is 3.19. The first kappa shape index (κ1) is 18.9. The fourth-order valence-corrected chi connectivity index (χ4v) is 3.16. The third kappa shape index (κ3) is 5.08. The summed E-state index contributed by atoms with van der Waals surface area (Å²) in [7, 11) is 0. The number of carbonyl (C=O) groups is 2. The van der Waals surface area contributed by atoms with E-state index in [9.17, 15) is 14.0 Å². The Kier molecular flexibility index (Phi) is 6.10. The molecule has 0 atom stereocenters. The van der Waals surface area contributed by atoms with E-state index in [0.29, 0.717) is 20.6 Å². The summed E-state index contributed by atoms with van der Waals surface area (Å²) in [4.78, 5) is 25.3. The van der Waals surface area contributed by atoms with Crippen molar-refractivity contribution in [2.24, 2.45) is 5.10 Å². The van der Waals surface area contributed by atoms with Gasteiger partial charge in [0, 0.05) is 4.47 Å². The quantitative estimate of drug-likeness (QED) is 0.442. The summed E-state index contributed by atoms with van der Waals surface area (Å²) in [5.74, 6) is -1.14. The Bertz CT molecular complexity index is 989. The largest absolute Gasteiger partial charge is 0.321 e. The van der Waals surface area contributed by atoms with Gasteiger partial charge in [-0.25, -0.2) is 9.82 Å². The molecule has 2 N–H and O–H groups in total. The minimum absolute atomic E-state index is 0.255. The van der Waals surface area contributed by atoms with Crippen LogP contribution in [0.5, 0.6) is 0 Å². The number of nitrogens with one attached hydrogen (secondary N) is 2. The lowest BCUT2D eigenvalue weighted by Crippen LogP contribution is -2.21. The molecule has 2 aromatic carbocycles. The van der Waals surface area contributed by atoms with Crippen molar-refractivity contribution in [2.75, 3.05) is 5.32 Å². The van der Waals surface area contributed by atoms with E-state index in [2.05, 4.69) is 31.8 Å². The number of halogens is 2. The highest BCUT2D eigenvalue weighted by Gasteiger charge is 2.15. The van der Waals surface area contributed by atoms with Gasteiger partial charge in [0.25, 0.3) is 11.8 Å². The van der Waals surface area contributed by atoms with Crippen LogP contribution in [0, 0.1) is 5.82 Å². The van der Waals surface area contributed by atoms with Crippen LogP contribution in [0.3, 0.4) is 0 Å². The van der Waals surface area contributed by atoms with Gasteiger partial charge in [-0.3, -0.25) is 9.59 Å². The van der Waals surface area contributed by atoms with Crippen molar-refractivity contribution in [1.82, 2.24) is 5.43 Å². The molecule has 1 aromatic heterocycles. The Hall–Kier alpha value is -2.84. The second-order valence-corrected chi connectivity index (χ2v) is 7.24. The molecule has 2 amide bonds. The molecule has 8 heteroatoms. The van der Waals surface area contributed by atoms with Crippen LogP contribution in [-0.2, 0) is 0 Å². The van der Waals surface area contributed by atoms with E-state index in [-0.39, 0.29) is 17.3 Å². The summed E-state index contributed by atoms with van der Waals surface area (Å²) in [6.07, 6.45) is 1.40. The summed E-state index contributed by atoms with van der Waals surface area (Å²) < 4.78 is 13.6. The Morgan fingerprint density at radius 1 is 1.07 bits per heavy atom. The van der Waals surface area contributed by atoms with Gasteiger partial charge in [-0.1, -0.05) is 34.1 Å². The van der Waals surface area contributed by atoms with Gasteiger partial charge in [0.05, 0.1) is 22.3 Å². The highest BCUT2D eigenvalue weighted by Crippen LogP contribution is 2.22. The van der Waals surface area contributed by atoms with Crippen LogP contribution in [0.2, 0.25) is 0 Å². The molecule has 0 aliphatic heterocycles. The first-order chi connectivity index (χ1) is 13.0. The monoisotopic (exact) mass is 445 g/mol. The van der Waals surface area contributed by atoms with Crippen molar-refractivity contribution >= 4 is 51.0 Å². The molecular weight excluding hydrogens is 433 g/mol. The lowest BCUT2D eigenvalue weighted by Gasteiger charge is -2.10.